The highest BCUT2D eigenvalue weighted by atomic mass is 16.7. The van der Waals surface area contributed by atoms with Crippen LogP contribution in [0.15, 0.2) is 57.7 Å². The third kappa shape index (κ3) is 3.24. The average molecular weight is 367 g/mol. The summed E-state index contributed by atoms with van der Waals surface area (Å²) in [5.41, 5.74) is -0.762. The van der Waals surface area contributed by atoms with Crippen LogP contribution in [0.1, 0.15) is 23.0 Å². The van der Waals surface area contributed by atoms with Gasteiger partial charge in [-0.05, 0) is 36.8 Å². The molecular weight excluding hydrogens is 350 g/mol. The number of hydrogen-bond donors (Lipinski definition) is 2. The molecule has 2 heterocycles. The van der Waals surface area contributed by atoms with Gasteiger partial charge in [-0.15, -0.1) is 0 Å². The summed E-state index contributed by atoms with van der Waals surface area (Å²) in [4.78, 5) is 24.5. The number of hydrogen-bond acceptors (Lipinski definition) is 6. The summed E-state index contributed by atoms with van der Waals surface area (Å²) < 4.78 is 16.1. The maximum absolute atomic E-state index is 12.4. The number of para-hydroxylation sites is 1. The van der Waals surface area contributed by atoms with Gasteiger partial charge in [-0.2, -0.15) is 0 Å². The third-order valence-electron chi connectivity index (χ3n) is 4.45. The SMILES string of the molecule is CC(O)(CNC(=O)c1cc(=O)c2ccccc2o1)c1ccc2c(c1)OCO2. The van der Waals surface area contributed by atoms with Gasteiger partial charge in [-0.25, -0.2) is 0 Å². The Hall–Kier alpha value is -3.32. The fourth-order valence-electron chi connectivity index (χ4n) is 2.89. The zero-order chi connectivity index (χ0) is 19.0. The van der Waals surface area contributed by atoms with Crippen LogP contribution >= 0.6 is 0 Å². The highest BCUT2D eigenvalue weighted by Crippen LogP contribution is 2.35. The second kappa shape index (κ2) is 6.44. The largest absolute Gasteiger partial charge is 0.454 e. The molecule has 2 aromatic carbocycles. The van der Waals surface area contributed by atoms with Gasteiger partial charge >= 0.3 is 0 Å². The zero-order valence-corrected chi connectivity index (χ0v) is 14.5. The number of aliphatic hydroxyl groups is 1. The van der Waals surface area contributed by atoms with Crippen LogP contribution in [-0.4, -0.2) is 24.4 Å². The van der Waals surface area contributed by atoms with Crippen LogP contribution in [0.2, 0.25) is 0 Å². The Morgan fingerprint density at radius 3 is 2.78 bits per heavy atom. The molecule has 1 aliphatic heterocycles. The predicted molar refractivity (Wildman–Crippen MR) is 97.0 cm³/mol. The molecule has 7 heteroatoms. The Morgan fingerprint density at radius 2 is 1.93 bits per heavy atom. The monoisotopic (exact) mass is 367 g/mol. The predicted octanol–water partition coefficient (Wildman–Crippen LogP) is 2.16. The van der Waals surface area contributed by atoms with E-state index in [2.05, 4.69) is 5.32 Å². The first-order chi connectivity index (χ1) is 12.9. The van der Waals surface area contributed by atoms with E-state index in [0.717, 1.165) is 6.07 Å². The van der Waals surface area contributed by atoms with Crippen molar-refractivity contribution >= 4 is 16.9 Å². The number of carbonyl (C=O) groups is 1. The maximum atomic E-state index is 12.4. The van der Waals surface area contributed by atoms with Gasteiger partial charge in [0.2, 0.25) is 6.79 Å². The smallest absolute Gasteiger partial charge is 0.287 e. The van der Waals surface area contributed by atoms with Gasteiger partial charge in [0, 0.05) is 6.07 Å². The van der Waals surface area contributed by atoms with Crippen molar-refractivity contribution in [3.05, 3.63) is 70.1 Å². The molecule has 0 fully saturated rings. The summed E-state index contributed by atoms with van der Waals surface area (Å²) in [7, 11) is 0. The molecule has 1 aromatic heterocycles. The van der Waals surface area contributed by atoms with Gasteiger partial charge in [-0.1, -0.05) is 18.2 Å². The fourth-order valence-corrected chi connectivity index (χ4v) is 2.89. The van der Waals surface area contributed by atoms with E-state index in [0.29, 0.717) is 28.0 Å². The number of carbonyl (C=O) groups excluding carboxylic acids is 1. The summed E-state index contributed by atoms with van der Waals surface area (Å²) in [6, 6.07) is 12.9. The molecule has 0 bridgehead atoms. The van der Waals surface area contributed by atoms with Crippen molar-refractivity contribution in [3.8, 4) is 11.5 Å². The Kier molecular flexibility index (Phi) is 4.08. The number of ether oxygens (including phenoxy) is 2. The molecule has 4 rings (SSSR count). The Labute approximate surface area is 154 Å². The minimum Gasteiger partial charge on any atom is -0.454 e. The van der Waals surface area contributed by atoms with Crippen molar-refractivity contribution < 1.29 is 23.8 Å². The number of benzene rings is 2. The number of fused-ring (bicyclic) bond motifs is 2. The van der Waals surface area contributed by atoms with Crippen LogP contribution < -0.4 is 20.2 Å². The zero-order valence-electron chi connectivity index (χ0n) is 14.5. The van der Waals surface area contributed by atoms with Crippen molar-refractivity contribution in [3.63, 3.8) is 0 Å². The second-order valence-corrected chi connectivity index (χ2v) is 6.50. The quantitative estimate of drug-likeness (QED) is 0.733. The van der Waals surface area contributed by atoms with E-state index in [9.17, 15) is 14.7 Å². The molecule has 1 unspecified atom stereocenters. The lowest BCUT2D eigenvalue weighted by molar-refractivity contribution is 0.0517. The Bertz CT molecular complexity index is 1090. The van der Waals surface area contributed by atoms with Gasteiger partial charge < -0.3 is 24.3 Å². The molecule has 0 saturated heterocycles. The molecule has 0 radical (unpaired) electrons. The summed E-state index contributed by atoms with van der Waals surface area (Å²) in [6.45, 7) is 1.63. The van der Waals surface area contributed by atoms with E-state index in [1.54, 1.807) is 49.4 Å². The van der Waals surface area contributed by atoms with Crippen LogP contribution in [0.25, 0.3) is 11.0 Å². The number of nitrogens with one attached hydrogen (secondary N) is 1. The van der Waals surface area contributed by atoms with Crippen molar-refractivity contribution in [2.75, 3.05) is 13.3 Å². The Morgan fingerprint density at radius 1 is 1.15 bits per heavy atom. The minimum absolute atomic E-state index is 0.0813. The lowest BCUT2D eigenvalue weighted by Crippen LogP contribution is -2.38. The molecule has 0 aliphatic carbocycles. The Balaban J connectivity index is 1.52. The molecule has 1 amide bonds. The molecule has 3 aromatic rings. The standard InChI is InChI=1S/C20H17NO6/c1-20(24,12-6-7-16-17(8-12)26-11-25-16)10-21-19(23)18-9-14(22)13-4-2-3-5-15(13)27-18/h2-9,24H,10-11H2,1H3,(H,21,23). The molecule has 1 aliphatic rings. The van der Waals surface area contributed by atoms with Crippen LogP contribution in [0.3, 0.4) is 0 Å². The fraction of sp³-hybridized carbons (Fsp3) is 0.200. The molecule has 7 nitrogen and oxygen atoms in total. The molecule has 2 N–H and O–H groups in total. The lowest BCUT2D eigenvalue weighted by atomic mass is 9.95. The minimum atomic E-state index is -1.35. The summed E-state index contributed by atoms with van der Waals surface area (Å²) in [6.07, 6.45) is 0. The van der Waals surface area contributed by atoms with Gasteiger partial charge in [-0.3, -0.25) is 9.59 Å². The molecular formula is C20H17NO6. The highest BCUT2D eigenvalue weighted by molar-refractivity contribution is 5.93. The van der Waals surface area contributed by atoms with E-state index >= 15 is 0 Å². The van der Waals surface area contributed by atoms with Crippen molar-refractivity contribution in [1.82, 2.24) is 5.32 Å². The van der Waals surface area contributed by atoms with Crippen molar-refractivity contribution in [1.29, 1.82) is 0 Å². The van der Waals surface area contributed by atoms with E-state index < -0.39 is 11.5 Å². The summed E-state index contributed by atoms with van der Waals surface area (Å²) in [5, 5.41) is 13.7. The first-order valence-corrected chi connectivity index (χ1v) is 8.38. The van der Waals surface area contributed by atoms with Crippen LogP contribution in [-0.2, 0) is 5.60 Å². The lowest BCUT2D eigenvalue weighted by Gasteiger charge is -2.24. The maximum Gasteiger partial charge on any atom is 0.287 e. The molecule has 1 atom stereocenters. The first-order valence-electron chi connectivity index (χ1n) is 8.38. The van der Waals surface area contributed by atoms with Gasteiger partial charge in [0.1, 0.15) is 11.2 Å². The molecule has 0 saturated carbocycles. The summed E-state index contributed by atoms with van der Waals surface area (Å²) in [5.74, 6) is 0.454. The third-order valence-corrected chi connectivity index (χ3v) is 4.45. The number of rotatable bonds is 4. The average Bonchev–Trinajstić information content (AvgIpc) is 3.14. The van der Waals surface area contributed by atoms with E-state index in [-0.39, 0.29) is 24.5 Å². The highest BCUT2D eigenvalue weighted by Gasteiger charge is 2.27. The molecule has 0 spiro atoms. The van der Waals surface area contributed by atoms with Crippen LogP contribution in [0.5, 0.6) is 11.5 Å². The van der Waals surface area contributed by atoms with Gasteiger partial charge in [0.15, 0.2) is 22.7 Å². The van der Waals surface area contributed by atoms with E-state index in [1.807, 2.05) is 0 Å². The van der Waals surface area contributed by atoms with Gasteiger partial charge in [0.05, 0.1) is 11.9 Å². The molecule has 27 heavy (non-hydrogen) atoms. The van der Waals surface area contributed by atoms with E-state index in [4.69, 9.17) is 13.9 Å². The normalized spacial score (nSPS) is 14.7. The van der Waals surface area contributed by atoms with Crippen LogP contribution in [0.4, 0.5) is 0 Å². The van der Waals surface area contributed by atoms with Crippen molar-refractivity contribution in [2.24, 2.45) is 0 Å². The molecule has 138 valence electrons. The summed E-state index contributed by atoms with van der Waals surface area (Å²) >= 11 is 0. The van der Waals surface area contributed by atoms with Crippen molar-refractivity contribution in [2.45, 2.75) is 12.5 Å². The first kappa shape index (κ1) is 17.1. The second-order valence-electron chi connectivity index (χ2n) is 6.50. The van der Waals surface area contributed by atoms with E-state index in [1.165, 1.54) is 0 Å². The van der Waals surface area contributed by atoms with Crippen LogP contribution in [0, 0.1) is 0 Å². The van der Waals surface area contributed by atoms with Gasteiger partial charge in [0.25, 0.3) is 5.91 Å². The topological polar surface area (TPSA) is 98.0 Å². The number of amides is 1.